The van der Waals surface area contributed by atoms with Crippen molar-refractivity contribution in [3.05, 3.63) is 93.0 Å². The van der Waals surface area contributed by atoms with Crippen LogP contribution in [0.15, 0.2) is 65.6 Å². The van der Waals surface area contributed by atoms with Gasteiger partial charge in [-0.25, -0.2) is 13.2 Å². The van der Waals surface area contributed by atoms with E-state index >= 15 is 0 Å². The molecule has 184 valence electrons. The normalized spacial score (nSPS) is 16.3. The first kappa shape index (κ1) is 25.5. The Morgan fingerprint density at radius 3 is 2.57 bits per heavy atom. The van der Waals surface area contributed by atoms with E-state index in [9.17, 15) is 13.2 Å². The Hall–Kier alpha value is -2.58. The number of nitrogens with one attached hydrogen (secondary N) is 3. The lowest BCUT2D eigenvalue weighted by Gasteiger charge is -2.23. The molecule has 1 unspecified atom stereocenters. The van der Waals surface area contributed by atoms with Crippen LogP contribution >= 0.6 is 23.2 Å². The smallest absolute Gasteiger partial charge is 0.319 e. The van der Waals surface area contributed by atoms with Gasteiger partial charge in [0, 0.05) is 18.3 Å². The van der Waals surface area contributed by atoms with Crippen molar-refractivity contribution in [3.63, 3.8) is 0 Å². The van der Waals surface area contributed by atoms with E-state index in [0.29, 0.717) is 27.3 Å². The molecule has 3 N–H and O–H groups in total. The first-order chi connectivity index (χ1) is 16.6. The van der Waals surface area contributed by atoms with Crippen molar-refractivity contribution in [2.45, 2.75) is 49.5 Å². The number of hydrogen-bond acceptors (Lipinski definition) is 4. The highest BCUT2D eigenvalue weighted by molar-refractivity contribution is 7.90. The molecule has 3 aromatic carbocycles. The van der Waals surface area contributed by atoms with Crippen LogP contribution < -0.4 is 16.0 Å². The topological polar surface area (TPSA) is 87.3 Å². The molecule has 0 fully saturated rings. The molecule has 3 aromatic rings. The molecule has 4 rings (SSSR count). The zero-order valence-electron chi connectivity index (χ0n) is 19.4. The summed E-state index contributed by atoms with van der Waals surface area (Å²) in [5, 5.41) is 9.73. The van der Waals surface area contributed by atoms with Gasteiger partial charge in [-0.1, -0.05) is 53.5 Å². The molecular weight excluding hydrogens is 505 g/mol. The molecule has 1 aliphatic rings. The molecule has 0 spiro atoms. The summed E-state index contributed by atoms with van der Waals surface area (Å²) in [6.45, 7) is 4.72. The van der Waals surface area contributed by atoms with Crippen molar-refractivity contribution < 1.29 is 13.2 Å². The quantitative estimate of drug-likeness (QED) is 0.370. The highest BCUT2D eigenvalue weighted by Crippen LogP contribution is 2.30. The largest absolute Gasteiger partial charge is 0.331 e. The van der Waals surface area contributed by atoms with Crippen molar-refractivity contribution in [1.29, 1.82) is 0 Å². The summed E-state index contributed by atoms with van der Waals surface area (Å²) in [6, 6.07) is 16.8. The van der Waals surface area contributed by atoms with Gasteiger partial charge in [0.1, 0.15) is 0 Å². The molecule has 0 saturated heterocycles. The van der Waals surface area contributed by atoms with E-state index in [-0.39, 0.29) is 16.7 Å². The van der Waals surface area contributed by atoms with Gasteiger partial charge in [-0.2, -0.15) is 0 Å². The Labute approximate surface area is 216 Å². The standard InChI is InChI=1S/C26H27Cl2N3O3S/c1-16-12-20-13-18(6-7-19(20)14-29-16)15-35(33,34)22-10-8-21(9-11-22)31-26(32)30-17(2)23-4-3-5-24(27)25(23)28/h3-11,13,16-17,29H,12,14-15H2,1-2H3,(H2,30,31,32)/t16?,17-/m0/s1. The average Bonchev–Trinajstić information content (AvgIpc) is 2.80. The Balaban J connectivity index is 1.39. The third kappa shape index (κ3) is 6.16. The molecule has 1 heterocycles. The lowest BCUT2D eigenvalue weighted by Crippen LogP contribution is -2.32. The van der Waals surface area contributed by atoms with Crippen LogP contribution in [0.1, 0.15) is 42.1 Å². The third-order valence-corrected chi connectivity index (χ3v) is 8.60. The molecule has 0 radical (unpaired) electrons. The Morgan fingerprint density at radius 2 is 1.83 bits per heavy atom. The molecule has 9 heteroatoms. The van der Waals surface area contributed by atoms with Gasteiger partial charge in [0.15, 0.2) is 9.84 Å². The number of carbonyl (C=O) groups excluding carboxylic acids is 1. The molecule has 0 saturated carbocycles. The van der Waals surface area contributed by atoms with E-state index < -0.39 is 15.9 Å². The number of benzene rings is 3. The molecule has 1 aliphatic heterocycles. The number of urea groups is 1. The van der Waals surface area contributed by atoms with E-state index in [0.717, 1.165) is 18.5 Å². The first-order valence-electron chi connectivity index (χ1n) is 11.3. The van der Waals surface area contributed by atoms with Crippen LogP contribution in [0, 0.1) is 0 Å². The number of hydrogen-bond donors (Lipinski definition) is 3. The second-order valence-corrected chi connectivity index (χ2v) is 11.6. The monoisotopic (exact) mass is 531 g/mol. The van der Waals surface area contributed by atoms with Crippen molar-refractivity contribution in [3.8, 4) is 0 Å². The summed E-state index contributed by atoms with van der Waals surface area (Å²) in [7, 11) is -3.53. The van der Waals surface area contributed by atoms with Gasteiger partial charge in [0.2, 0.25) is 0 Å². The molecule has 2 amide bonds. The summed E-state index contributed by atoms with van der Waals surface area (Å²) >= 11 is 12.3. The predicted molar refractivity (Wildman–Crippen MR) is 141 cm³/mol. The lowest BCUT2D eigenvalue weighted by atomic mass is 9.95. The molecular formula is C26H27Cl2N3O3S. The Morgan fingerprint density at radius 1 is 1.09 bits per heavy atom. The zero-order chi connectivity index (χ0) is 25.2. The van der Waals surface area contributed by atoms with Gasteiger partial charge in [0.05, 0.1) is 26.7 Å². The first-order valence-corrected chi connectivity index (χ1v) is 13.7. The third-order valence-electron chi connectivity index (χ3n) is 6.06. The molecule has 0 aromatic heterocycles. The van der Waals surface area contributed by atoms with Gasteiger partial charge < -0.3 is 16.0 Å². The van der Waals surface area contributed by atoms with Gasteiger partial charge in [-0.05, 0) is 72.9 Å². The minimum atomic E-state index is -3.53. The minimum absolute atomic E-state index is 0.0761. The van der Waals surface area contributed by atoms with Crippen LogP contribution in [0.25, 0.3) is 0 Å². The number of rotatable bonds is 6. The fourth-order valence-electron chi connectivity index (χ4n) is 4.16. The van der Waals surface area contributed by atoms with Crippen LogP contribution in [0.4, 0.5) is 10.5 Å². The second kappa shape index (κ2) is 10.6. The molecule has 0 bridgehead atoms. The number of fused-ring (bicyclic) bond motifs is 1. The van der Waals surface area contributed by atoms with E-state index in [1.54, 1.807) is 37.3 Å². The number of sulfone groups is 1. The van der Waals surface area contributed by atoms with Crippen LogP contribution in [-0.4, -0.2) is 20.5 Å². The van der Waals surface area contributed by atoms with Gasteiger partial charge in [0.25, 0.3) is 0 Å². The molecule has 35 heavy (non-hydrogen) atoms. The second-order valence-electron chi connectivity index (χ2n) is 8.84. The summed E-state index contributed by atoms with van der Waals surface area (Å²) in [4.78, 5) is 12.6. The summed E-state index contributed by atoms with van der Waals surface area (Å²) in [6.07, 6.45) is 0.883. The van der Waals surface area contributed by atoms with E-state index in [4.69, 9.17) is 23.2 Å². The van der Waals surface area contributed by atoms with E-state index in [1.165, 1.54) is 23.3 Å². The maximum atomic E-state index is 13.0. The maximum absolute atomic E-state index is 13.0. The van der Waals surface area contributed by atoms with Crippen LogP contribution in [0.2, 0.25) is 10.0 Å². The number of amides is 2. The fraction of sp³-hybridized carbons (Fsp3) is 0.269. The van der Waals surface area contributed by atoms with Crippen molar-refractivity contribution in [1.82, 2.24) is 10.6 Å². The molecule has 6 nitrogen and oxygen atoms in total. The van der Waals surface area contributed by atoms with Gasteiger partial charge in [-0.15, -0.1) is 0 Å². The maximum Gasteiger partial charge on any atom is 0.319 e. The summed E-state index contributed by atoms with van der Waals surface area (Å²) in [5.74, 6) is -0.0761. The molecule has 2 atom stereocenters. The van der Waals surface area contributed by atoms with E-state index in [2.05, 4.69) is 22.9 Å². The van der Waals surface area contributed by atoms with Gasteiger partial charge >= 0.3 is 6.03 Å². The molecule has 0 aliphatic carbocycles. The SMILES string of the molecule is CC1Cc2cc(CS(=O)(=O)c3ccc(NC(=O)N[C@@H](C)c4cccc(Cl)c4Cl)cc3)ccc2CN1. The fourth-order valence-corrected chi connectivity index (χ4v) is 5.97. The van der Waals surface area contributed by atoms with E-state index in [1.807, 2.05) is 18.2 Å². The zero-order valence-corrected chi connectivity index (χ0v) is 21.8. The predicted octanol–water partition coefficient (Wildman–Crippen LogP) is 5.88. The number of halogens is 2. The van der Waals surface area contributed by atoms with Crippen LogP contribution in [-0.2, 0) is 28.6 Å². The average molecular weight is 532 g/mol. The Bertz CT molecular complexity index is 1340. The van der Waals surface area contributed by atoms with Crippen molar-refractivity contribution >= 4 is 44.8 Å². The summed E-state index contributed by atoms with van der Waals surface area (Å²) in [5.41, 5.74) is 4.35. The number of anilines is 1. The highest BCUT2D eigenvalue weighted by atomic mass is 35.5. The van der Waals surface area contributed by atoms with Crippen LogP contribution in [0.3, 0.4) is 0 Å². The van der Waals surface area contributed by atoms with Crippen molar-refractivity contribution in [2.24, 2.45) is 0 Å². The summed E-state index contributed by atoms with van der Waals surface area (Å²) < 4.78 is 26.0. The van der Waals surface area contributed by atoms with Gasteiger partial charge in [-0.3, -0.25) is 0 Å². The highest BCUT2D eigenvalue weighted by Gasteiger charge is 2.19. The lowest BCUT2D eigenvalue weighted by molar-refractivity contribution is 0.249. The minimum Gasteiger partial charge on any atom is -0.331 e. The van der Waals surface area contributed by atoms with Crippen LogP contribution in [0.5, 0.6) is 0 Å². The number of carbonyl (C=O) groups is 1. The Kier molecular flexibility index (Phi) is 7.71. The van der Waals surface area contributed by atoms with Crippen molar-refractivity contribution in [2.75, 3.05) is 5.32 Å².